The van der Waals surface area contributed by atoms with Crippen molar-refractivity contribution in [2.75, 3.05) is 31.6 Å². The number of nitrogens with zero attached hydrogens (tertiary/aromatic N) is 3. The van der Waals surface area contributed by atoms with E-state index in [2.05, 4.69) is 41.3 Å². The molecule has 0 spiro atoms. The highest BCUT2D eigenvalue weighted by Crippen LogP contribution is 2.50. The Morgan fingerprint density at radius 1 is 1.18 bits per heavy atom. The lowest BCUT2D eigenvalue weighted by molar-refractivity contribution is -0.154. The number of likely N-dealkylation sites (tertiary alicyclic amines) is 1. The van der Waals surface area contributed by atoms with E-state index in [0.29, 0.717) is 36.7 Å². The predicted molar refractivity (Wildman–Crippen MR) is 186 cm³/mol. The topological polar surface area (TPSA) is 132 Å². The zero-order valence-electron chi connectivity index (χ0n) is 28.8. The van der Waals surface area contributed by atoms with Gasteiger partial charge in [-0.2, -0.15) is 0 Å². The fraction of sp³-hybridized carbons (Fsp3) is 0.526. The van der Waals surface area contributed by atoms with Gasteiger partial charge < -0.3 is 24.3 Å². The summed E-state index contributed by atoms with van der Waals surface area (Å²) in [5, 5.41) is 11.7. The maximum Gasteiger partial charge on any atom is 0.565 e. The normalized spacial score (nSPS) is 33.3. The van der Waals surface area contributed by atoms with Crippen molar-refractivity contribution in [3.05, 3.63) is 59.3 Å². The van der Waals surface area contributed by atoms with Crippen LogP contribution in [0.25, 0.3) is 10.9 Å². The van der Waals surface area contributed by atoms with Crippen LogP contribution in [0.15, 0.2) is 42.6 Å². The average molecular weight is 679 g/mol. The van der Waals surface area contributed by atoms with Gasteiger partial charge in [0, 0.05) is 66.3 Å². The van der Waals surface area contributed by atoms with Crippen LogP contribution in [0.2, 0.25) is 0 Å². The Bertz CT molecular complexity index is 1950. The first-order valence-electron chi connectivity index (χ1n) is 18.2. The summed E-state index contributed by atoms with van der Waals surface area (Å²) in [5.74, 6) is -1.40. The molecule has 2 N–H and O–H groups in total. The Kier molecular flexibility index (Phi) is 7.36. The lowest BCUT2D eigenvalue weighted by Crippen LogP contribution is -2.57. The SMILES string of the molecule is CCN1C(=O)OB(O)c2ccc(CC3C(=O)N4CCCC4C4OC(C)(CC(=O)C5CC6Cc7cccc8[nH]cc(c78)C6N(C)C5)C(=O)C34)cc21. The maximum atomic E-state index is 14.6. The predicted octanol–water partition coefficient (Wildman–Crippen LogP) is 3.16. The van der Waals surface area contributed by atoms with Crippen LogP contribution in [0.1, 0.15) is 62.3 Å². The van der Waals surface area contributed by atoms with Gasteiger partial charge in [0.2, 0.25) is 5.91 Å². The molecule has 8 unspecified atom stereocenters. The van der Waals surface area contributed by atoms with Crippen molar-refractivity contribution in [3.8, 4) is 0 Å². The van der Waals surface area contributed by atoms with Gasteiger partial charge in [0.1, 0.15) is 11.4 Å². The molecule has 6 heterocycles. The summed E-state index contributed by atoms with van der Waals surface area (Å²) in [5.41, 5.74) is 4.27. The Labute approximate surface area is 291 Å². The van der Waals surface area contributed by atoms with Gasteiger partial charge in [0.25, 0.3) is 0 Å². The first-order valence-corrected chi connectivity index (χ1v) is 18.2. The zero-order chi connectivity index (χ0) is 34.6. The fourth-order valence-corrected chi connectivity index (χ4v) is 10.6. The van der Waals surface area contributed by atoms with Crippen LogP contribution < -0.4 is 10.4 Å². The van der Waals surface area contributed by atoms with Crippen molar-refractivity contribution in [2.24, 2.45) is 23.7 Å². The van der Waals surface area contributed by atoms with Crippen LogP contribution in [0.5, 0.6) is 0 Å². The highest BCUT2D eigenvalue weighted by molar-refractivity contribution is 6.65. The third-order valence-electron chi connectivity index (χ3n) is 12.7. The summed E-state index contributed by atoms with van der Waals surface area (Å²) in [6.45, 7) is 5.19. The Morgan fingerprint density at radius 2 is 2.02 bits per heavy atom. The molecule has 5 aliphatic heterocycles. The van der Waals surface area contributed by atoms with Gasteiger partial charge in [-0.05, 0) is 87.7 Å². The molecule has 8 atom stereocenters. The molecule has 2 aromatic carbocycles. The van der Waals surface area contributed by atoms with E-state index >= 15 is 0 Å². The monoisotopic (exact) mass is 678 g/mol. The van der Waals surface area contributed by atoms with Crippen molar-refractivity contribution >= 4 is 52.7 Å². The number of ether oxygens (including phenoxy) is 1. The highest BCUT2D eigenvalue weighted by Gasteiger charge is 2.63. The minimum absolute atomic E-state index is 0.00233. The van der Waals surface area contributed by atoms with E-state index < -0.39 is 36.8 Å². The lowest BCUT2D eigenvalue weighted by Gasteiger charge is -2.45. The van der Waals surface area contributed by atoms with Crippen LogP contribution in [0, 0.1) is 23.7 Å². The number of nitrogens with one attached hydrogen (secondary N) is 1. The number of anilines is 1. The van der Waals surface area contributed by atoms with Crippen LogP contribution in [-0.2, 0) is 36.6 Å². The number of carbonyl (C=O) groups is 4. The first-order chi connectivity index (χ1) is 24.1. The van der Waals surface area contributed by atoms with E-state index in [-0.39, 0.29) is 48.3 Å². The van der Waals surface area contributed by atoms with Gasteiger partial charge in [-0.15, -0.1) is 0 Å². The van der Waals surface area contributed by atoms with Gasteiger partial charge in [0.15, 0.2) is 5.78 Å². The van der Waals surface area contributed by atoms with Gasteiger partial charge >= 0.3 is 13.2 Å². The Morgan fingerprint density at radius 3 is 2.84 bits per heavy atom. The van der Waals surface area contributed by atoms with Gasteiger partial charge in [-0.3, -0.25) is 24.2 Å². The van der Waals surface area contributed by atoms with Crippen molar-refractivity contribution in [3.63, 3.8) is 0 Å². The summed E-state index contributed by atoms with van der Waals surface area (Å²) in [6.07, 6.45) is 4.59. The maximum absolute atomic E-state index is 14.6. The van der Waals surface area contributed by atoms with Gasteiger partial charge in [-0.1, -0.05) is 24.3 Å². The summed E-state index contributed by atoms with van der Waals surface area (Å²) < 4.78 is 11.8. The molecule has 4 fully saturated rings. The number of amides is 2. The number of aromatic nitrogens is 1. The molecular weight excluding hydrogens is 635 g/mol. The minimum atomic E-state index is -1.36. The summed E-state index contributed by atoms with van der Waals surface area (Å²) >= 11 is 0. The standard InChI is InChI=1S/C38H43BN4O7/c1-4-42-29-14-20(10-11-26(29)39(48)50-37(42)47)13-24-32-34(28-9-6-12-43(28)36(24)46)49-38(2,35(32)45)17-30(44)23-16-22-15-21-7-5-8-27-31(21)25(18-40-27)33(22)41(3)19-23/h5,7-8,10-11,14,18,22-24,28,32-34,40,48H,4,6,9,12-13,15-17,19H2,1-3H3. The molecule has 1 aliphatic carbocycles. The molecule has 4 saturated heterocycles. The summed E-state index contributed by atoms with van der Waals surface area (Å²) in [6, 6.07) is 11.8. The largest absolute Gasteiger partial charge is 0.565 e. The van der Waals surface area contributed by atoms with Crippen molar-refractivity contribution in [1.82, 2.24) is 14.8 Å². The second-order valence-electron chi connectivity index (χ2n) is 15.6. The second kappa shape index (κ2) is 11.5. The second-order valence-corrected chi connectivity index (χ2v) is 15.6. The number of ketones is 2. The quantitative estimate of drug-likeness (QED) is 0.381. The van der Waals surface area contributed by atoms with Crippen molar-refractivity contribution in [1.29, 1.82) is 0 Å². The molecule has 260 valence electrons. The lowest BCUT2D eigenvalue weighted by atomic mass is 9.70. The first kappa shape index (κ1) is 31.9. The van der Waals surface area contributed by atoms with Crippen LogP contribution in [0.3, 0.4) is 0 Å². The number of H-pyrrole nitrogens is 1. The number of fused-ring (bicyclic) bond motifs is 6. The van der Waals surface area contributed by atoms with Crippen LogP contribution in [-0.4, -0.2) is 94.9 Å². The smallest absolute Gasteiger partial charge is 0.489 e. The molecule has 0 saturated carbocycles. The molecule has 3 aromatic rings. The molecule has 50 heavy (non-hydrogen) atoms. The number of benzene rings is 2. The number of piperidine rings is 2. The number of carbonyl (C=O) groups excluding carboxylic acids is 4. The molecular formula is C38H43BN4O7. The van der Waals surface area contributed by atoms with Crippen LogP contribution in [0.4, 0.5) is 10.5 Å². The molecule has 2 amide bonds. The van der Waals surface area contributed by atoms with E-state index in [1.807, 2.05) is 24.0 Å². The summed E-state index contributed by atoms with van der Waals surface area (Å²) in [7, 11) is 0.739. The number of hydrogen-bond donors (Lipinski definition) is 2. The zero-order valence-corrected chi connectivity index (χ0v) is 28.8. The highest BCUT2D eigenvalue weighted by atomic mass is 16.6. The molecule has 0 bridgehead atoms. The van der Waals surface area contributed by atoms with E-state index in [9.17, 15) is 24.2 Å². The van der Waals surface area contributed by atoms with Crippen LogP contribution >= 0.6 is 0 Å². The minimum Gasteiger partial charge on any atom is -0.489 e. The number of aromatic amines is 1. The van der Waals surface area contributed by atoms with Gasteiger partial charge in [0.05, 0.1) is 24.0 Å². The average Bonchev–Trinajstić information content (AvgIpc) is 3.81. The Hall–Kier alpha value is -4.00. The van der Waals surface area contributed by atoms with E-state index in [0.717, 1.165) is 36.8 Å². The Balaban J connectivity index is 0.966. The van der Waals surface area contributed by atoms with E-state index in [1.165, 1.54) is 21.4 Å². The van der Waals surface area contributed by atoms with Crippen molar-refractivity contribution < 1.29 is 33.6 Å². The third-order valence-corrected chi connectivity index (χ3v) is 12.7. The molecule has 1 aromatic heterocycles. The number of hydrogen-bond acceptors (Lipinski definition) is 8. The number of Topliss-reactive ketones (excluding diaryl/α,β-unsaturated/α-hetero) is 2. The molecule has 9 rings (SSSR count). The molecule has 12 heteroatoms. The van der Waals surface area contributed by atoms with Crippen molar-refractivity contribution in [2.45, 2.75) is 76.2 Å². The summed E-state index contributed by atoms with van der Waals surface area (Å²) in [4.78, 5) is 64.5. The molecule has 11 nitrogen and oxygen atoms in total. The van der Waals surface area contributed by atoms with E-state index in [4.69, 9.17) is 9.39 Å². The third kappa shape index (κ3) is 4.67. The van der Waals surface area contributed by atoms with Gasteiger partial charge in [-0.25, -0.2) is 4.79 Å². The fourth-order valence-electron chi connectivity index (χ4n) is 10.6. The molecule has 6 aliphatic rings. The number of rotatable bonds is 6. The van der Waals surface area contributed by atoms with E-state index in [1.54, 1.807) is 13.0 Å². The molecule has 0 radical (unpaired) electrons.